The molecule has 0 unspecified atom stereocenters. The van der Waals surface area contributed by atoms with Crippen LogP contribution in [-0.4, -0.2) is 6.61 Å². The number of nitrogens with one attached hydrogen (secondary N) is 1. The molecular weight excluding hydrogens is 365 g/mol. The fraction of sp³-hybridized carbons (Fsp3) is 0.182. The molecule has 3 nitrogen and oxygen atoms in total. The molecule has 0 amide bonds. The molecule has 0 saturated heterocycles. The van der Waals surface area contributed by atoms with Crippen molar-refractivity contribution < 1.29 is 13.9 Å². The lowest BCUT2D eigenvalue weighted by Crippen LogP contribution is -2.04. The molecule has 0 bridgehead atoms. The van der Waals surface area contributed by atoms with Gasteiger partial charge < -0.3 is 14.8 Å². The zero-order valence-corrected chi connectivity index (χ0v) is 15.8. The summed E-state index contributed by atoms with van der Waals surface area (Å²) in [5.41, 5.74) is 2.83. The van der Waals surface area contributed by atoms with Crippen LogP contribution < -0.4 is 14.8 Å². The number of rotatable bonds is 8. The molecule has 3 rings (SSSR count). The highest BCUT2D eigenvalue weighted by molar-refractivity contribution is 6.32. The summed E-state index contributed by atoms with van der Waals surface area (Å²) in [4.78, 5) is 0. The van der Waals surface area contributed by atoms with Gasteiger partial charge in [-0.05, 0) is 54.4 Å². The van der Waals surface area contributed by atoms with Crippen molar-refractivity contribution in [1.82, 2.24) is 0 Å². The second-order valence-electron chi connectivity index (χ2n) is 5.97. The SMILES string of the molecule is CCOc1cc(CNc2ccc(F)cc2)cc(Cl)c1OCc1ccccc1. The fourth-order valence-corrected chi connectivity index (χ4v) is 2.92. The Balaban J connectivity index is 1.73. The van der Waals surface area contributed by atoms with Crippen LogP contribution in [-0.2, 0) is 13.2 Å². The molecule has 0 atom stereocenters. The van der Waals surface area contributed by atoms with Crippen molar-refractivity contribution in [3.63, 3.8) is 0 Å². The highest BCUT2D eigenvalue weighted by Gasteiger charge is 2.13. The van der Waals surface area contributed by atoms with Gasteiger partial charge in [-0.3, -0.25) is 0 Å². The third kappa shape index (κ3) is 5.38. The lowest BCUT2D eigenvalue weighted by atomic mass is 10.2. The zero-order valence-electron chi connectivity index (χ0n) is 15.0. The minimum atomic E-state index is -0.262. The molecule has 5 heteroatoms. The number of benzene rings is 3. The van der Waals surface area contributed by atoms with Crippen molar-refractivity contribution in [3.05, 3.63) is 88.7 Å². The molecule has 0 aliphatic rings. The normalized spacial score (nSPS) is 10.5. The maximum Gasteiger partial charge on any atom is 0.180 e. The van der Waals surface area contributed by atoms with E-state index < -0.39 is 0 Å². The minimum absolute atomic E-state index is 0.262. The van der Waals surface area contributed by atoms with Crippen LogP contribution in [0.4, 0.5) is 10.1 Å². The number of hydrogen-bond acceptors (Lipinski definition) is 3. The van der Waals surface area contributed by atoms with Gasteiger partial charge in [0.2, 0.25) is 0 Å². The molecule has 0 heterocycles. The average Bonchev–Trinajstić information content (AvgIpc) is 2.68. The smallest absolute Gasteiger partial charge is 0.180 e. The Morgan fingerprint density at radius 2 is 1.67 bits per heavy atom. The second-order valence-corrected chi connectivity index (χ2v) is 6.38. The van der Waals surface area contributed by atoms with E-state index in [9.17, 15) is 4.39 Å². The van der Waals surface area contributed by atoms with Crippen LogP contribution >= 0.6 is 11.6 Å². The largest absolute Gasteiger partial charge is 0.490 e. The van der Waals surface area contributed by atoms with E-state index in [1.54, 1.807) is 12.1 Å². The topological polar surface area (TPSA) is 30.5 Å². The Hall–Kier alpha value is -2.72. The summed E-state index contributed by atoms with van der Waals surface area (Å²) in [5.74, 6) is 0.881. The highest BCUT2D eigenvalue weighted by atomic mass is 35.5. The van der Waals surface area contributed by atoms with Crippen LogP contribution in [0.25, 0.3) is 0 Å². The molecule has 0 fully saturated rings. The van der Waals surface area contributed by atoms with Gasteiger partial charge >= 0.3 is 0 Å². The predicted molar refractivity (Wildman–Crippen MR) is 107 cm³/mol. The standard InChI is InChI=1S/C22H21ClFNO2/c1-2-26-21-13-17(14-25-19-10-8-18(24)9-11-19)12-20(23)22(21)27-15-16-6-4-3-5-7-16/h3-13,25H,2,14-15H2,1H3. The Morgan fingerprint density at radius 1 is 0.926 bits per heavy atom. The summed E-state index contributed by atoms with van der Waals surface area (Å²) in [6.45, 7) is 3.36. The van der Waals surface area contributed by atoms with E-state index in [-0.39, 0.29) is 5.82 Å². The summed E-state index contributed by atoms with van der Waals surface area (Å²) >= 11 is 6.46. The van der Waals surface area contributed by atoms with Gasteiger partial charge in [0.05, 0.1) is 11.6 Å². The number of hydrogen-bond donors (Lipinski definition) is 1. The first-order chi connectivity index (χ1) is 13.2. The Bertz CT molecular complexity index is 869. The summed E-state index contributed by atoms with van der Waals surface area (Å²) < 4.78 is 24.7. The van der Waals surface area contributed by atoms with Gasteiger partial charge in [0.15, 0.2) is 11.5 Å². The minimum Gasteiger partial charge on any atom is -0.490 e. The van der Waals surface area contributed by atoms with Crippen LogP contribution in [0.1, 0.15) is 18.1 Å². The first-order valence-electron chi connectivity index (χ1n) is 8.77. The molecular formula is C22H21ClFNO2. The number of anilines is 1. The van der Waals surface area contributed by atoms with E-state index in [0.717, 1.165) is 16.8 Å². The van der Waals surface area contributed by atoms with Gasteiger partial charge in [-0.15, -0.1) is 0 Å². The van der Waals surface area contributed by atoms with Crippen molar-refractivity contribution >= 4 is 17.3 Å². The van der Waals surface area contributed by atoms with Crippen LogP contribution in [0.3, 0.4) is 0 Å². The van der Waals surface area contributed by atoms with E-state index in [1.165, 1.54) is 12.1 Å². The first-order valence-corrected chi connectivity index (χ1v) is 9.15. The monoisotopic (exact) mass is 385 g/mol. The van der Waals surface area contributed by atoms with Gasteiger partial charge in [0.25, 0.3) is 0 Å². The molecule has 0 spiro atoms. The van der Waals surface area contributed by atoms with Crippen LogP contribution in [0, 0.1) is 5.82 Å². The maximum atomic E-state index is 13.0. The van der Waals surface area contributed by atoms with Gasteiger partial charge in [-0.25, -0.2) is 4.39 Å². The molecule has 0 saturated carbocycles. The maximum absolute atomic E-state index is 13.0. The molecule has 0 aliphatic heterocycles. The van der Waals surface area contributed by atoms with E-state index in [4.69, 9.17) is 21.1 Å². The quantitative estimate of drug-likeness (QED) is 0.510. The zero-order chi connectivity index (χ0) is 19.1. The average molecular weight is 386 g/mol. The summed E-state index contributed by atoms with van der Waals surface area (Å²) in [6.07, 6.45) is 0. The lowest BCUT2D eigenvalue weighted by molar-refractivity contribution is 0.269. The van der Waals surface area contributed by atoms with Gasteiger partial charge in [0, 0.05) is 12.2 Å². The van der Waals surface area contributed by atoms with Crippen molar-refractivity contribution in [2.75, 3.05) is 11.9 Å². The molecule has 3 aromatic carbocycles. The van der Waals surface area contributed by atoms with E-state index in [1.807, 2.05) is 49.4 Å². The molecule has 0 aromatic heterocycles. The van der Waals surface area contributed by atoms with Crippen LogP contribution in [0.5, 0.6) is 11.5 Å². The second kappa shape index (κ2) is 9.28. The van der Waals surface area contributed by atoms with Crippen molar-refractivity contribution in [2.45, 2.75) is 20.1 Å². The van der Waals surface area contributed by atoms with Crippen molar-refractivity contribution in [2.24, 2.45) is 0 Å². The van der Waals surface area contributed by atoms with Gasteiger partial charge in [-0.1, -0.05) is 41.9 Å². The van der Waals surface area contributed by atoms with Crippen molar-refractivity contribution in [1.29, 1.82) is 0 Å². The van der Waals surface area contributed by atoms with Crippen LogP contribution in [0.15, 0.2) is 66.7 Å². The molecule has 27 heavy (non-hydrogen) atoms. The molecule has 140 valence electrons. The summed E-state index contributed by atoms with van der Waals surface area (Å²) in [7, 11) is 0. The molecule has 0 radical (unpaired) electrons. The highest BCUT2D eigenvalue weighted by Crippen LogP contribution is 2.37. The third-order valence-electron chi connectivity index (χ3n) is 3.94. The van der Waals surface area contributed by atoms with Crippen molar-refractivity contribution in [3.8, 4) is 11.5 Å². The van der Waals surface area contributed by atoms with E-state index in [0.29, 0.717) is 36.3 Å². The summed E-state index contributed by atoms with van der Waals surface area (Å²) in [5, 5.41) is 3.73. The predicted octanol–water partition coefficient (Wildman–Crippen LogP) is 6.07. The number of halogens is 2. The van der Waals surface area contributed by atoms with Gasteiger partial charge in [0.1, 0.15) is 12.4 Å². The summed E-state index contributed by atoms with van der Waals surface area (Å²) in [6, 6.07) is 19.9. The number of ether oxygens (including phenoxy) is 2. The van der Waals surface area contributed by atoms with Gasteiger partial charge in [-0.2, -0.15) is 0 Å². The molecule has 1 N–H and O–H groups in total. The lowest BCUT2D eigenvalue weighted by Gasteiger charge is -2.16. The van der Waals surface area contributed by atoms with E-state index >= 15 is 0 Å². The fourth-order valence-electron chi connectivity index (χ4n) is 2.63. The first kappa shape index (κ1) is 19.1. The molecule has 3 aromatic rings. The Morgan fingerprint density at radius 3 is 2.37 bits per heavy atom. The Kier molecular flexibility index (Phi) is 6.55. The van der Waals surface area contributed by atoms with E-state index in [2.05, 4.69) is 5.32 Å². The van der Waals surface area contributed by atoms with Crippen LogP contribution in [0.2, 0.25) is 5.02 Å². The Labute approximate surface area is 163 Å². The molecule has 0 aliphatic carbocycles. The third-order valence-corrected chi connectivity index (χ3v) is 4.22.